The molecule has 0 aliphatic carbocycles. The summed E-state index contributed by atoms with van der Waals surface area (Å²) in [5.74, 6) is 0.462. The maximum atomic E-state index is 13.6. The third kappa shape index (κ3) is 7.24. The molecule has 3 aromatic heterocycles. The van der Waals surface area contributed by atoms with Crippen molar-refractivity contribution in [1.82, 2.24) is 34.3 Å². The van der Waals surface area contributed by atoms with E-state index in [1.54, 1.807) is 21.9 Å². The summed E-state index contributed by atoms with van der Waals surface area (Å²) >= 11 is 7.01. The number of nitrogens with one attached hydrogen (secondary N) is 2. The lowest BCUT2D eigenvalue weighted by Crippen LogP contribution is -2.40. The van der Waals surface area contributed by atoms with E-state index < -0.39 is 17.6 Å². The van der Waals surface area contributed by atoms with Gasteiger partial charge in [-0.3, -0.25) is 14.7 Å². The lowest BCUT2D eigenvalue weighted by Gasteiger charge is -2.29. The van der Waals surface area contributed by atoms with Crippen LogP contribution in [-0.4, -0.2) is 71.5 Å². The normalized spacial score (nSPS) is 14.8. The van der Waals surface area contributed by atoms with Gasteiger partial charge in [-0.25, -0.2) is 19.7 Å². The molecule has 0 bridgehead atoms. The van der Waals surface area contributed by atoms with Gasteiger partial charge in [0.25, 0.3) is 5.91 Å². The highest BCUT2D eigenvalue weighted by molar-refractivity contribution is 6.36. The average Bonchev–Trinajstić information content (AvgIpc) is 3.73. The van der Waals surface area contributed by atoms with E-state index >= 15 is 0 Å². The SMILES string of the molecule is Cc1c(Nc2ncnc3cc(CN4CCCC4)cnc23)cccc1-c1cccc(NC(=O)c2nc3c(n2C)CCN(C(=O)OC(C)(C)C)C3)c1Cl. The summed E-state index contributed by atoms with van der Waals surface area (Å²) in [5, 5.41) is 6.85. The van der Waals surface area contributed by atoms with Gasteiger partial charge in [-0.15, -0.1) is 0 Å². The topological polar surface area (TPSA) is 130 Å². The van der Waals surface area contributed by atoms with Gasteiger partial charge in [0.15, 0.2) is 11.6 Å². The van der Waals surface area contributed by atoms with Crippen LogP contribution >= 0.6 is 11.6 Å². The van der Waals surface area contributed by atoms with Gasteiger partial charge in [-0.1, -0.05) is 35.9 Å². The molecule has 0 radical (unpaired) electrons. The molecule has 2 aliphatic rings. The number of nitrogens with zero attached hydrogens (tertiary/aromatic N) is 7. The van der Waals surface area contributed by atoms with Crippen molar-refractivity contribution in [2.75, 3.05) is 30.3 Å². The van der Waals surface area contributed by atoms with Gasteiger partial charge >= 0.3 is 6.09 Å². The van der Waals surface area contributed by atoms with Crippen molar-refractivity contribution < 1.29 is 14.3 Å². The van der Waals surface area contributed by atoms with Crippen molar-refractivity contribution in [1.29, 1.82) is 0 Å². The van der Waals surface area contributed by atoms with Gasteiger partial charge in [0, 0.05) is 49.7 Å². The number of carbonyl (C=O) groups is 2. The average molecular weight is 708 g/mol. The molecule has 12 nitrogen and oxygen atoms in total. The fourth-order valence-corrected chi connectivity index (χ4v) is 7.06. The predicted molar refractivity (Wildman–Crippen MR) is 198 cm³/mol. The minimum atomic E-state index is -0.600. The number of hydrogen-bond acceptors (Lipinski definition) is 9. The van der Waals surface area contributed by atoms with Crippen molar-refractivity contribution >= 4 is 51.8 Å². The Morgan fingerprint density at radius 1 is 0.980 bits per heavy atom. The molecule has 5 heterocycles. The quantitative estimate of drug-likeness (QED) is 0.179. The number of hydrogen-bond donors (Lipinski definition) is 2. The standard InChI is InChI=1S/C38H42ClN9O3/c1-23-25(10-8-12-27(23)43-34-33-29(41-22-42-34)18-24(19-40-33)20-47-15-6-7-16-47)26-11-9-13-28(32(26)39)45-36(49)35-44-30-21-48(17-14-31(30)46(35)5)37(50)51-38(2,3)4/h8-13,18-19,22H,6-7,14-17,20-21H2,1-5H3,(H,45,49)(H,41,42,43). The number of fused-ring (bicyclic) bond motifs is 2. The van der Waals surface area contributed by atoms with Crippen molar-refractivity contribution in [3.05, 3.63) is 88.4 Å². The van der Waals surface area contributed by atoms with Crippen LogP contribution < -0.4 is 10.6 Å². The van der Waals surface area contributed by atoms with E-state index in [1.807, 2.05) is 71.3 Å². The number of amides is 2. The number of likely N-dealkylation sites (tertiary alicyclic amines) is 1. The minimum absolute atomic E-state index is 0.240. The summed E-state index contributed by atoms with van der Waals surface area (Å²) in [6, 6.07) is 13.6. The van der Waals surface area contributed by atoms with Crippen LogP contribution in [-0.2, 0) is 31.3 Å². The van der Waals surface area contributed by atoms with E-state index in [0.29, 0.717) is 40.7 Å². The second-order valence-electron chi connectivity index (χ2n) is 14.2. The molecule has 2 N–H and O–H groups in total. The Bertz CT molecular complexity index is 2140. The maximum Gasteiger partial charge on any atom is 0.410 e. The van der Waals surface area contributed by atoms with Crippen molar-refractivity contribution in [3.8, 4) is 11.1 Å². The van der Waals surface area contributed by atoms with E-state index in [-0.39, 0.29) is 12.4 Å². The molecule has 0 unspecified atom stereocenters. The van der Waals surface area contributed by atoms with Crippen LogP contribution in [0, 0.1) is 6.92 Å². The number of benzene rings is 2. The zero-order valence-electron chi connectivity index (χ0n) is 29.6. The van der Waals surface area contributed by atoms with Crippen molar-refractivity contribution in [2.24, 2.45) is 7.05 Å². The second-order valence-corrected chi connectivity index (χ2v) is 14.6. The summed E-state index contributed by atoms with van der Waals surface area (Å²) in [6.07, 6.45) is 6.12. The molecule has 7 rings (SSSR count). The third-order valence-corrected chi connectivity index (χ3v) is 9.78. The Balaban J connectivity index is 1.09. The Hall–Kier alpha value is -5.07. The summed E-state index contributed by atoms with van der Waals surface area (Å²) in [6.45, 7) is 11.4. The van der Waals surface area contributed by atoms with E-state index in [2.05, 4.69) is 36.6 Å². The number of imidazole rings is 1. The van der Waals surface area contributed by atoms with Crippen LogP contribution in [0.1, 0.15) is 66.7 Å². The smallest absolute Gasteiger partial charge is 0.410 e. The second kappa shape index (κ2) is 13.9. The van der Waals surface area contributed by atoms with Crippen LogP contribution in [0.25, 0.3) is 22.2 Å². The van der Waals surface area contributed by atoms with Crippen molar-refractivity contribution in [3.63, 3.8) is 0 Å². The Morgan fingerprint density at radius 3 is 2.49 bits per heavy atom. The molecule has 0 atom stereocenters. The molecule has 5 aromatic rings. The first-order valence-electron chi connectivity index (χ1n) is 17.3. The first kappa shape index (κ1) is 34.4. The van der Waals surface area contributed by atoms with E-state index in [9.17, 15) is 9.59 Å². The number of aromatic nitrogens is 5. The summed E-state index contributed by atoms with van der Waals surface area (Å²) in [5.41, 5.74) is 7.54. The first-order valence-corrected chi connectivity index (χ1v) is 17.6. The lowest BCUT2D eigenvalue weighted by molar-refractivity contribution is 0.0220. The molecule has 264 valence electrons. The van der Waals surface area contributed by atoms with Gasteiger partial charge in [0.2, 0.25) is 0 Å². The predicted octanol–water partition coefficient (Wildman–Crippen LogP) is 7.27. The molecule has 1 saturated heterocycles. The first-order chi connectivity index (χ1) is 24.4. The van der Waals surface area contributed by atoms with Gasteiger partial charge in [0.1, 0.15) is 17.4 Å². The molecule has 0 spiro atoms. The largest absolute Gasteiger partial charge is 0.444 e. The molecular weight excluding hydrogens is 666 g/mol. The third-order valence-electron chi connectivity index (χ3n) is 9.37. The molecule has 13 heteroatoms. The number of anilines is 3. The van der Waals surface area contributed by atoms with Crippen LogP contribution in [0.2, 0.25) is 5.02 Å². The number of pyridine rings is 1. The van der Waals surface area contributed by atoms with E-state index in [4.69, 9.17) is 21.3 Å². The van der Waals surface area contributed by atoms with Gasteiger partial charge in [0.05, 0.1) is 28.5 Å². The van der Waals surface area contributed by atoms with Crippen molar-refractivity contribution in [2.45, 2.75) is 65.6 Å². The van der Waals surface area contributed by atoms with E-state index in [0.717, 1.165) is 58.8 Å². The Kier molecular flexibility index (Phi) is 9.38. The number of rotatable bonds is 7. The van der Waals surface area contributed by atoms with Crippen LogP contribution in [0.3, 0.4) is 0 Å². The molecule has 51 heavy (non-hydrogen) atoms. The van der Waals surface area contributed by atoms with Crippen LogP contribution in [0.4, 0.5) is 22.0 Å². The summed E-state index contributed by atoms with van der Waals surface area (Å²) in [4.78, 5) is 48.8. The molecule has 1 fully saturated rings. The zero-order valence-corrected chi connectivity index (χ0v) is 30.3. The molecular formula is C38H42ClN9O3. The monoisotopic (exact) mass is 707 g/mol. The molecule has 2 amide bonds. The highest BCUT2D eigenvalue weighted by atomic mass is 35.5. The zero-order chi connectivity index (χ0) is 35.9. The highest BCUT2D eigenvalue weighted by Gasteiger charge is 2.30. The maximum absolute atomic E-state index is 13.6. The molecule has 2 aliphatic heterocycles. The Morgan fingerprint density at radius 2 is 1.73 bits per heavy atom. The summed E-state index contributed by atoms with van der Waals surface area (Å²) in [7, 11) is 1.81. The molecule has 0 saturated carbocycles. The van der Waals surface area contributed by atoms with Gasteiger partial charge in [-0.2, -0.15) is 0 Å². The fourth-order valence-electron chi connectivity index (χ4n) is 6.78. The number of carbonyl (C=O) groups excluding carboxylic acids is 2. The number of ether oxygens (including phenoxy) is 1. The summed E-state index contributed by atoms with van der Waals surface area (Å²) < 4.78 is 7.33. The highest BCUT2D eigenvalue weighted by Crippen LogP contribution is 2.38. The fraction of sp³-hybridized carbons (Fsp3) is 0.368. The van der Waals surface area contributed by atoms with E-state index in [1.165, 1.54) is 12.8 Å². The van der Waals surface area contributed by atoms with Gasteiger partial charge < -0.3 is 24.8 Å². The van der Waals surface area contributed by atoms with Crippen LogP contribution in [0.5, 0.6) is 0 Å². The van der Waals surface area contributed by atoms with Gasteiger partial charge in [-0.05, 0) is 88.5 Å². The minimum Gasteiger partial charge on any atom is -0.444 e. The molecule has 2 aromatic carbocycles. The van der Waals surface area contributed by atoms with Crippen LogP contribution in [0.15, 0.2) is 55.0 Å². The number of halogens is 1. The Labute approximate surface area is 302 Å². The lowest BCUT2D eigenvalue weighted by atomic mass is 9.98.